The zero-order valence-electron chi connectivity index (χ0n) is 18.5. The summed E-state index contributed by atoms with van der Waals surface area (Å²) in [4.78, 5) is 36.2. The van der Waals surface area contributed by atoms with Crippen LogP contribution in [-0.4, -0.2) is 27.0 Å². The largest absolute Gasteiger partial charge is 0.900 e. The monoisotopic (exact) mass is 464 g/mol. The molecule has 33 heavy (non-hydrogen) atoms. The van der Waals surface area contributed by atoms with Crippen LogP contribution in [0.5, 0.6) is 0 Å². The molecule has 0 N–H and O–H groups in total. The van der Waals surface area contributed by atoms with Crippen LogP contribution in [0, 0.1) is 0 Å². The van der Waals surface area contributed by atoms with E-state index in [0.717, 1.165) is 20.8 Å². The van der Waals surface area contributed by atoms with Gasteiger partial charge in [-0.2, -0.15) is 0 Å². The zero-order chi connectivity index (χ0) is 23.9. The van der Waals surface area contributed by atoms with E-state index in [1.54, 1.807) is 0 Å². The molecule has 170 valence electrons. The van der Waals surface area contributed by atoms with Crippen molar-refractivity contribution in [1.82, 2.24) is 0 Å². The minimum absolute atomic E-state index is 0.644. The first-order valence-electron chi connectivity index (χ1n) is 10.2. The van der Waals surface area contributed by atoms with Crippen molar-refractivity contribution in [3.8, 4) is 0 Å². The van der Waals surface area contributed by atoms with Gasteiger partial charge in [-0.1, -0.05) is 91.0 Å². The number of rotatable bonds is 8. The quantitative estimate of drug-likeness (QED) is 0.366. The summed E-state index contributed by atoms with van der Waals surface area (Å²) in [6.07, 6.45) is 0. The summed E-state index contributed by atoms with van der Waals surface area (Å²) in [5, 5.41) is 0. The van der Waals surface area contributed by atoms with Gasteiger partial charge in [0.05, 0.1) is 0 Å². The summed E-state index contributed by atoms with van der Waals surface area (Å²) in [6.45, 7) is 3.36. The lowest BCUT2D eigenvalue weighted by Gasteiger charge is -2.39. The molecule has 0 amide bonds. The number of carbonyl (C=O) groups is 3. The van der Waals surface area contributed by atoms with E-state index >= 15 is 0 Å². The van der Waals surface area contributed by atoms with Crippen molar-refractivity contribution in [3.05, 3.63) is 108 Å². The number of hydrogen-bond acceptors (Lipinski definition) is 7. The van der Waals surface area contributed by atoms with Gasteiger partial charge in [0.1, 0.15) is 5.60 Å². The molecule has 3 rings (SSSR count). The minimum Gasteiger partial charge on any atom is -0.433 e. The standard InChI is InChI=1S/C25H24O7Si/c1-19(26)29-33(30-20(2)27,31-21(3)28)32-25(22-13-7-4-8-14-22,23-15-9-5-10-16-23)24-17-11-6-12-18-24/h4-18H,1-3H3. The van der Waals surface area contributed by atoms with Crippen molar-refractivity contribution in [2.45, 2.75) is 26.4 Å². The summed E-state index contributed by atoms with van der Waals surface area (Å²) in [5.41, 5.74) is 0.485. The summed E-state index contributed by atoms with van der Waals surface area (Å²) in [7, 11) is -4.72. The second-order valence-electron chi connectivity index (χ2n) is 7.16. The highest BCUT2D eigenvalue weighted by Crippen LogP contribution is 2.43. The average molecular weight is 465 g/mol. The first-order valence-corrected chi connectivity index (χ1v) is 11.9. The molecule has 0 unspecified atom stereocenters. The third-order valence-corrected chi connectivity index (χ3v) is 6.79. The molecule has 0 heterocycles. The summed E-state index contributed by atoms with van der Waals surface area (Å²) in [5.74, 6) is -2.48. The Kier molecular flexibility index (Phi) is 7.42. The van der Waals surface area contributed by atoms with E-state index in [2.05, 4.69) is 0 Å². The Hall–Kier alpha value is -3.75. The van der Waals surface area contributed by atoms with Gasteiger partial charge in [0.15, 0.2) is 0 Å². The van der Waals surface area contributed by atoms with Gasteiger partial charge in [-0.15, -0.1) is 0 Å². The molecular formula is C25H24O7Si. The predicted molar refractivity (Wildman–Crippen MR) is 121 cm³/mol. The van der Waals surface area contributed by atoms with E-state index in [-0.39, 0.29) is 0 Å². The fourth-order valence-electron chi connectivity index (χ4n) is 3.54. The Bertz CT molecular complexity index is 964. The molecule has 3 aromatic rings. The van der Waals surface area contributed by atoms with Gasteiger partial charge in [0.25, 0.3) is 17.9 Å². The second kappa shape index (κ2) is 10.2. The van der Waals surface area contributed by atoms with E-state index < -0.39 is 32.6 Å². The summed E-state index contributed by atoms with van der Waals surface area (Å²) < 4.78 is 22.6. The van der Waals surface area contributed by atoms with Crippen LogP contribution in [0.1, 0.15) is 37.5 Å². The lowest BCUT2D eigenvalue weighted by atomic mass is 9.80. The molecular weight excluding hydrogens is 440 g/mol. The molecule has 0 fully saturated rings. The molecule has 8 heteroatoms. The third kappa shape index (κ3) is 5.54. The molecule has 0 spiro atoms. The van der Waals surface area contributed by atoms with Crippen molar-refractivity contribution in [1.29, 1.82) is 0 Å². The maximum atomic E-state index is 12.1. The highest BCUT2D eigenvalue weighted by Gasteiger charge is 2.63. The maximum absolute atomic E-state index is 12.1. The Morgan fingerprint density at radius 2 is 0.818 bits per heavy atom. The van der Waals surface area contributed by atoms with Crippen LogP contribution < -0.4 is 0 Å². The molecule has 0 aliphatic carbocycles. The summed E-state index contributed by atoms with van der Waals surface area (Å²) in [6, 6.07) is 27.5. The van der Waals surface area contributed by atoms with Crippen LogP contribution in [0.15, 0.2) is 91.0 Å². The lowest BCUT2D eigenvalue weighted by molar-refractivity contribution is -0.160. The van der Waals surface area contributed by atoms with E-state index in [4.69, 9.17) is 17.7 Å². The Labute approximate surface area is 193 Å². The molecule has 0 aromatic heterocycles. The van der Waals surface area contributed by atoms with E-state index in [1.165, 1.54) is 0 Å². The number of carbonyl (C=O) groups excluding carboxylic acids is 3. The van der Waals surface area contributed by atoms with Crippen molar-refractivity contribution in [2.24, 2.45) is 0 Å². The first kappa shape index (κ1) is 23.9. The third-order valence-electron chi connectivity index (χ3n) is 4.63. The normalized spacial score (nSPS) is 11.4. The van der Waals surface area contributed by atoms with Crippen LogP contribution in [0.25, 0.3) is 0 Å². The summed E-state index contributed by atoms with van der Waals surface area (Å²) >= 11 is 0. The minimum atomic E-state index is -4.72. The van der Waals surface area contributed by atoms with Crippen LogP contribution in [0.3, 0.4) is 0 Å². The predicted octanol–water partition coefficient (Wildman–Crippen LogP) is 4.12. The number of hydrogen-bond donors (Lipinski definition) is 0. The highest BCUT2D eigenvalue weighted by atomic mass is 28.4. The Balaban J connectivity index is 2.37. The van der Waals surface area contributed by atoms with Gasteiger partial charge >= 0.3 is 9.05 Å². The molecule has 0 saturated carbocycles. The fraction of sp³-hybridized carbons (Fsp3) is 0.160. The molecule has 0 aliphatic rings. The Morgan fingerprint density at radius 3 is 1.06 bits per heavy atom. The lowest BCUT2D eigenvalue weighted by Crippen LogP contribution is -2.57. The molecule has 0 radical (unpaired) electrons. The smallest absolute Gasteiger partial charge is 0.433 e. The molecule has 0 saturated heterocycles. The van der Waals surface area contributed by atoms with Crippen LogP contribution >= 0.6 is 0 Å². The Morgan fingerprint density at radius 1 is 0.545 bits per heavy atom. The van der Waals surface area contributed by atoms with E-state index in [9.17, 15) is 14.4 Å². The van der Waals surface area contributed by atoms with E-state index in [1.807, 2.05) is 91.0 Å². The second-order valence-corrected chi connectivity index (χ2v) is 8.98. The topological polar surface area (TPSA) is 88.1 Å². The molecule has 0 bridgehead atoms. The number of benzene rings is 3. The molecule has 0 aliphatic heterocycles. The fourth-order valence-corrected chi connectivity index (χ4v) is 5.57. The van der Waals surface area contributed by atoms with Crippen molar-refractivity contribution in [3.63, 3.8) is 0 Å². The van der Waals surface area contributed by atoms with Crippen LogP contribution in [0.4, 0.5) is 0 Å². The maximum Gasteiger partial charge on any atom is 0.900 e. The van der Waals surface area contributed by atoms with Gasteiger partial charge in [-0.3, -0.25) is 14.4 Å². The molecule has 3 aromatic carbocycles. The highest BCUT2D eigenvalue weighted by molar-refractivity contribution is 6.59. The van der Waals surface area contributed by atoms with Gasteiger partial charge in [-0.25, -0.2) is 0 Å². The molecule has 0 atom stereocenters. The van der Waals surface area contributed by atoms with E-state index in [0.29, 0.717) is 16.7 Å². The average Bonchev–Trinajstić information content (AvgIpc) is 2.78. The molecule has 7 nitrogen and oxygen atoms in total. The van der Waals surface area contributed by atoms with Crippen LogP contribution in [-0.2, 0) is 37.7 Å². The van der Waals surface area contributed by atoms with Gasteiger partial charge in [0.2, 0.25) is 0 Å². The van der Waals surface area contributed by atoms with Crippen molar-refractivity contribution >= 4 is 27.0 Å². The van der Waals surface area contributed by atoms with Crippen molar-refractivity contribution in [2.75, 3.05) is 0 Å². The van der Waals surface area contributed by atoms with Gasteiger partial charge in [0, 0.05) is 20.8 Å². The SMILES string of the molecule is CC(=O)O[Si](OC(C)=O)(OC(C)=O)OC(c1ccccc1)(c1ccccc1)c1ccccc1. The first-order chi connectivity index (χ1) is 15.8. The van der Waals surface area contributed by atoms with Gasteiger partial charge in [-0.05, 0) is 16.7 Å². The van der Waals surface area contributed by atoms with Gasteiger partial charge < -0.3 is 17.7 Å². The zero-order valence-corrected chi connectivity index (χ0v) is 19.5. The van der Waals surface area contributed by atoms with Crippen molar-refractivity contribution < 1.29 is 32.1 Å². The van der Waals surface area contributed by atoms with Crippen LogP contribution in [0.2, 0.25) is 0 Å².